The second-order valence-electron chi connectivity index (χ2n) is 7.44. The molecule has 2 saturated heterocycles. The molecule has 0 amide bonds. The van der Waals surface area contributed by atoms with Crippen LogP contribution in [0.25, 0.3) is 0 Å². The van der Waals surface area contributed by atoms with E-state index in [1.807, 2.05) is 26.1 Å². The molecule has 2 aromatic heterocycles. The van der Waals surface area contributed by atoms with Gasteiger partial charge in [0.1, 0.15) is 11.6 Å². The first-order valence-electron chi connectivity index (χ1n) is 9.72. The van der Waals surface area contributed by atoms with Crippen LogP contribution in [-0.4, -0.2) is 58.2 Å². The largest absolute Gasteiger partial charge is 0.316 e. The van der Waals surface area contributed by atoms with Crippen molar-refractivity contribution in [1.29, 1.82) is 0 Å². The average Bonchev–Trinajstić information content (AvgIpc) is 3.32. The molecule has 152 valence electrons. The number of aryl methyl sites for hydroxylation is 2. The fourth-order valence-corrected chi connectivity index (χ4v) is 6.25. The molecule has 0 bridgehead atoms. The van der Waals surface area contributed by atoms with Crippen molar-refractivity contribution in [2.75, 3.05) is 31.5 Å². The van der Waals surface area contributed by atoms with Crippen molar-refractivity contribution in [3.63, 3.8) is 0 Å². The average molecular weight is 423 g/mol. The van der Waals surface area contributed by atoms with Crippen molar-refractivity contribution in [3.8, 4) is 0 Å². The zero-order valence-electron chi connectivity index (χ0n) is 16.3. The van der Waals surface area contributed by atoms with Gasteiger partial charge in [0.2, 0.25) is 0 Å². The number of piperidine rings is 1. The number of hydrogen-bond donors (Lipinski definition) is 1. The molecule has 0 aromatic carbocycles. The summed E-state index contributed by atoms with van der Waals surface area (Å²) in [5.74, 6) is 1.46. The Hall–Kier alpha value is -1.62. The van der Waals surface area contributed by atoms with Gasteiger partial charge in [-0.1, -0.05) is 6.42 Å². The fourth-order valence-electron chi connectivity index (χ4n) is 3.82. The maximum absolute atomic E-state index is 12.9. The lowest BCUT2D eigenvalue weighted by Crippen LogP contribution is -2.45. The molecule has 10 heteroatoms. The van der Waals surface area contributed by atoms with Gasteiger partial charge < -0.3 is 5.32 Å². The van der Waals surface area contributed by atoms with Gasteiger partial charge in [0.05, 0.1) is 5.69 Å². The molecule has 28 heavy (non-hydrogen) atoms. The summed E-state index contributed by atoms with van der Waals surface area (Å²) in [6.07, 6.45) is 5.62. The third-order valence-electron chi connectivity index (χ3n) is 5.25. The van der Waals surface area contributed by atoms with Gasteiger partial charge >= 0.3 is 0 Å². The number of nitrogens with one attached hydrogen (secondary N) is 1. The highest BCUT2D eigenvalue weighted by atomic mass is 32.2. The molecule has 0 aliphatic carbocycles. The van der Waals surface area contributed by atoms with Gasteiger partial charge in [-0.25, -0.2) is 15.0 Å². The molecule has 1 atom stereocenters. The minimum atomic E-state index is -3.37. The monoisotopic (exact) mass is 422 g/mol. The van der Waals surface area contributed by atoms with E-state index in [2.05, 4.69) is 20.3 Å². The van der Waals surface area contributed by atoms with Gasteiger partial charge in [-0.2, -0.15) is 17.0 Å². The smallest absolute Gasteiger partial charge is 0.281 e. The Kier molecular flexibility index (Phi) is 5.64. The highest BCUT2D eigenvalue weighted by Crippen LogP contribution is 2.31. The van der Waals surface area contributed by atoms with Crippen LogP contribution in [0, 0.1) is 13.8 Å². The Morgan fingerprint density at radius 2 is 1.89 bits per heavy atom. The predicted octanol–water partition coefficient (Wildman–Crippen LogP) is 2.81. The first kappa shape index (κ1) is 19.7. The van der Waals surface area contributed by atoms with Gasteiger partial charge in [-0.15, -0.1) is 11.3 Å². The van der Waals surface area contributed by atoms with E-state index in [4.69, 9.17) is 0 Å². The first-order chi connectivity index (χ1) is 13.4. The van der Waals surface area contributed by atoms with Crippen LogP contribution in [-0.2, 0) is 10.2 Å². The maximum atomic E-state index is 12.9. The molecule has 4 rings (SSSR count). The van der Waals surface area contributed by atoms with Crippen LogP contribution in [0.15, 0.2) is 12.3 Å². The molecule has 2 aromatic rings. The Morgan fingerprint density at radius 1 is 1.11 bits per heavy atom. The highest BCUT2D eigenvalue weighted by Gasteiger charge is 2.37. The van der Waals surface area contributed by atoms with Gasteiger partial charge in [-0.3, -0.25) is 0 Å². The predicted molar refractivity (Wildman–Crippen MR) is 110 cm³/mol. The van der Waals surface area contributed by atoms with E-state index in [0.717, 1.165) is 41.4 Å². The van der Waals surface area contributed by atoms with Crippen molar-refractivity contribution >= 4 is 32.5 Å². The Labute approximate surface area is 170 Å². The zero-order chi connectivity index (χ0) is 19.7. The first-order valence-corrected chi connectivity index (χ1v) is 11.9. The summed E-state index contributed by atoms with van der Waals surface area (Å²) in [5, 5.41) is 4.03. The molecule has 1 unspecified atom stereocenters. The van der Waals surface area contributed by atoms with Crippen molar-refractivity contribution in [1.82, 2.24) is 23.6 Å². The number of thiazole rings is 1. The molecule has 2 aliphatic rings. The zero-order valence-corrected chi connectivity index (χ0v) is 17.9. The summed E-state index contributed by atoms with van der Waals surface area (Å²) in [6.45, 7) is 6.16. The number of nitrogens with zero attached hydrogens (tertiary/aromatic N) is 5. The minimum absolute atomic E-state index is 0.0832. The fraction of sp³-hybridized carbons (Fsp3) is 0.611. The van der Waals surface area contributed by atoms with E-state index >= 15 is 0 Å². The quantitative estimate of drug-likeness (QED) is 0.797. The standard InChI is InChI=1S/C18H26N6O2S2/c1-13-11-19-18(27-13)22-17-10-16(20-14(2)21-17)15-6-9-24(12-15)28(25,26)23-7-4-3-5-8-23/h10-11,15H,3-9,12H2,1-2H3,(H,19,20,21,22). The van der Waals surface area contributed by atoms with Gasteiger partial charge in [0.25, 0.3) is 10.2 Å². The summed E-state index contributed by atoms with van der Waals surface area (Å²) in [5.41, 5.74) is 0.889. The molecule has 0 spiro atoms. The van der Waals surface area contributed by atoms with E-state index in [0.29, 0.717) is 37.8 Å². The van der Waals surface area contributed by atoms with Crippen LogP contribution in [0.5, 0.6) is 0 Å². The minimum Gasteiger partial charge on any atom is -0.316 e. The molecule has 0 saturated carbocycles. The lowest BCUT2D eigenvalue weighted by Gasteiger charge is -2.30. The third kappa shape index (κ3) is 4.19. The molecule has 8 nitrogen and oxygen atoms in total. The summed E-state index contributed by atoms with van der Waals surface area (Å²) in [4.78, 5) is 14.5. The number of rotatable bonds is 5. The van der Waals surface area contributed by atoms with Gasteiger partial charge in [0.15, 0.2) is 5.13 Å². The van der Waals surface area contributed by atoms with Crippen molar-refractivity contribution in [2.45, 2.75) is 45.4 Å². The Morgan fingerprint density at radius 3 is 2.61 bits per heavy atom. The molecule has 2 fully saturated rings. The summed E-state index contributed by atoms with van der Waals surface area (Å²) in [7, 11) is -3.37. The van der Waals surface area contributed by atoms with E-state index in [-0.39, 0.29) is 5.92 Å². The van der Waals surface area contributed by atoms with Crippen molar-refractivity contribution in [2.24, 2.45) is 0 Å². The Balaban J connectivity index is 1.49. The normalized spacial score (nSPS) is 21.9. The van der Waals surface area contributed by atoms with E-state index in [1.165, 1.54) is 0 Å². The Bertz CT molecular complexity index is 939. The highest BCUT2D eigenvalue weighted by molar-refractivity contribution is 7.86. The van der Waals surface area contributed by atoms with Crippen LogP contribution >= 0.6 is 11.3 Å². The van der Waals surface area contributed by atoms with E-state index < -0.39 is 10.2 Å². The van der Waals surface area contributed by atoms with Crippen molar-refractivity contribution in [3.05, 3.63) is 28.7 Å². The summed E-state index contributed by atoms with van der Waals surface area (Å²) < 4.78 is 29.1. The van der Waals surface area contributed by atoms with E-state index in [9.17, 15) is 8.42 Å². The second kappa shape index (κ2) is 8.02. The molecule has 2 aliphatic heterocycles. The van der Waals surface area contributed by atoms with E-state index in [1.54, 1.807) is 19.9 Å². The van der Waals surface area contributed by atoms with Crippen LogP contribution in [0.4, 0.5) is 10.9 Å². The molecule has 4 heterocycles. The molecular formula is C18H26N6O2S2. The van der Waals surface area contributed by atoms with Crippen LogP contribution in [0.2, 0.25) is 0 Å². The number of hydrogen-bond acceptors (Lipinski definition) is 7. The van der Waals surface area contributed by atoms with Gasteiger partial charge in [-0.05, 0) is 33.1 Å². The lowest BCUT2D eigenvalue weighted by molar-refractivity contribution is 0.315. The SMILES string of the molecule is Cc1nc(Nc2ncc(C)s2)cc(C2CCN(S(=O)(=O)N3CCCCC3)C2)n1. The van der Waals surface area contributed by atoms with Crippen LogP contribution in [0.1, 0.15) is 48.0 Å². The second-order valence-corrected chi connectivity index (χ2v) is 10.6. The summed E-state index contributed by atoms with van der Waals surface area (Å²) in [6, 6.07) is 1.92. The van der Waals surface area contributed by atoms with Gasteiger partial charge in [0, 0.05) is 49.2 Å². The third-order valence-corrected chi connectivity index (χ3v) is 8.08. The topological polar surface area (TPSA) is 91.3 Å². The van der Waals surface area contributed by atoms with Crippen LogP contribution in [0.3, 0.4) is 0 Å². The summed E-state index contributed by atoms with van der Waals surface area (Å²) >= 11 is 1.57. The molecule has 0 radical (unpaired) electrons. The number of aromatic nitrogens is 3. The maximum Gasteiger partial charge on any atom is 0.281 e. The molecular weight excluding hydrogens is 396 g/mol. The molecule has 1 N–H and O–H groups in total. The van der Waals surface area contributed by atoms with Crippen molar-refractivity contribution < 1.29 is 8.42 Å². The lowest BCUT2D eigenvalue weighted by atomic mass is 10.0. The van der Waals surface area contributed by atoms with Crippen LogP contribution < -0.4 is 5.32 Å². The number of anilines is 2.